The molecule has 0 bridgehead atoms. The zero-order valence-corrected chi connectivity index (χ0v) is 18.1. The fourth-order valence-corrected chi connectivity index (χ4v) is 4.56. The van der Waals surface area contributed by atoms with Gasteiger partial charge in [0.2, 0.25) is 0 Å². The van der Waals surface area contributed by atoms with Gasteiger partial charge in [-0.05, 0) is 47.8 Å². The van der Waals surface area contributed by atoms with Gasteiger partial charge in [-0.15, -0.1) is 0 Å². The molecule has 0 aromatic heterocycles. The second kappa shape index (κ2) is 10.1. The van der Waals surface area contributed by atoms with Crippen molar-refractivity contribution in [3.8, 4) is 0 Å². The third kappa shape index (κ3) is 6.79. The molecule has 0 saturated carbocycles. The fraction of sp³-hybridized carbons (Fsp3) is 1.00. The molecule has 0 heteroatoms. The minimum atomic E-state index is 0.518. The van der Waals surface area contributed by atoms with Gasteiger partial charge in [-0.1, -0.05) is 101 Å². The molecular formula is C23H48. The van der Waals surface area contributed by atoms with Gasteiger partial charge in [-0.25, -0.2) is 0 Å². The maximum atomic E-state index is 2.59. The molecule has 0 N–H and O–H groups in total. The Morgan fingerprint density at radius 1 is 0.565 bits per heavy atom. The lowest BCUT2D eigenvalue weighted by atomic mass is 9.59. The lowest BCUT2D eigenvalue weighted by Gasteiger charge is -2.46. The van der Waals surface area contributed by atoms with E-state index in [1.165, 1.54) is 64.2 Å². The molecule has 0 spiro atoms. The van der Waals surface area contributed by atoms with Crippen LogP contribution in [-0.4, -0.2) is 0 Å². The van der Waals surface area contributed by atoms with Crippen LogP contribution in [-0.2, 0) is 0 Å². The van der Waals surface area contributed by atoms with Crippen LogP contribution in [0, 0.1) is 22.2 Å². The quantitative estimate of drug-likeness (QED) is 0.318. The van der Waals surface area contributed by atoms with E-state index in [1.807, 2.05) is 0 Å². The van der Waals surface area contributed by atoms with Gasteiger partial charge in [0.1, 0.15) is 0 Å². The molecule has 0 aliphatic carbocycles. The minimum Gasteiger partial charge on any atom is -0.0654 e. The van der Waals surface area contributed by atoms with Gasteiger partial charge < -0.3 is 0 Å². The molecule has 3 unspecified atom stereocenters. The molecule has 0 heterocycles. The molecule has 23 heavy (non-hydrogen) atoms. The van der Waals surface area contributed by atoms with Gasteiger partial charge in [0.15, 0.2) is 0 Å². The van der Waals surface area contributed by atoms with E-state index in [9.17, 15) is 0 Å². The van der Waals surface area contributed by atoms with Crippen LogP contribution in [0.15, 0.2) is 0 Å². The van der Waals surface area contributed by atoms with Crippen LogP contribution < -0.4 is 0 Å². The molecule has 0 aromatic carbocycles. The van der Waals surface area contributed by atoms with E-state index in [-0.39, 0.29) is 0 Å². The highest BCUT2D eigenvalue weighted by atomic mass is 14.4. The number of rotatable bonds is 13. The van der Waals surface area contributed by atoms with Gasteiger partial charge in [-0.3, -0.25) is 0 Å². The van der Waals surface area contributed by atoms with E-state index in [0.717, 1.165) is 5.92 Å². The SMILES string of the molecule is CCCC(C)(CC)CC(CC(C)(CC)CC)C(C)(CC)CCC. The average Bonchev–Trinajstić information content (AvgIpc) is 2.54. The van der Waals surface area contributed by atoms with E-state index >= 15 is 0 Å². The summed E-state index contributed by atoms with van der Waals surface area (Å²) in [7, 11) is 0. The second-order valence-electron chi connectivity index (χ2n) is 9.29. The smallest absolute Gasteiger partial charge is 0.0300 e. The van der Waals surface area contributed by atoms with Crippen molar-refractivity contribution in [1.82, 2.24) is 0 Å². The molecule has 0 saturated heterocycles. The Balaban J connectivity index is 5.52. The van der Waals surface area contributed by atoms with Crippen LogP contribution in [0.25, 0.3) is 0 Å². The molecule has 0 amide bonds. The molecule has 0 aromatic rings. The molecule has 0 aliphatic rings. The molecule has 140 valence electrons. The van der Waals surface area contributed by atoms with E-state index in [1.54, 1.807) is 0 Å². The largest absolute Gasteiger partial charge is 0.0654 e. The summed E-state index contributed by atoms with van der Waals surface area (Å²) in [5, 5.41) is 0. The highest BCUT2D eigenvalue weighted by Crippen LogP contribution is 2.50. The summed E-state index contributed by atoms with van der Waals surface area (Å²) in [6, 6.07) is 0. The highest BCUT2D eigenvalue weighted by Gasteiger charge is 2.39. The Kier molecular flexibility index (Phi) is 10.1. The van der Waals surface area contributed by atoms with Crippen LogP contribution in [0.1, 0.15) is 127 Å². The summed E-state index contributed by atoms with van der Waals surface area (Å²) in [6.45, 7) is 22.0. The molecule has 0 aliphatic heterocycles. The predicted molar refractivity (Wildman–Crippen MR) is 108 cm³/mol. The van der Waals surface area contributed by atoms with E-state index in [4.69, 9.17) is 0 Å². The van der Waals surface area contributed by atoms with Crippen molar-refractivity contribution >= 4 is 0 Å². The Bertz CT molecular complexity index is 301. The van der Waals surface area contributed by atoms with E-state index in [0.29, 0.717) is 16.2 Å². The van der Waals surface area contributed by atoms with Crippen LogP contribution in [0.2, 0.25) is 0 Å². The van der Waals surface area contributed by atoms with Crippen molar-refractivity contribution < 1.29 is 0 Å². The van der Waals surface area contributed by atoms with E-state index in [2.05, 4.69) is 62.3 Å². The Morgan fingerprint density at radius 3 is 1.35 bits per heavy atom. The zero-order chi connectivity index (χ0) is 18.1. The molecular weight excluding hydrogens is 276 g/mol. The second-order valence-corrected chi connectivity index (χ2v) is 9.29. The molecule has 0 fully saturated rings. The summed E-state index contributed by atoms with van der Waals surface area (Å²) in [5.74, 6) is 0.869. The lowest BCUT2D eigenvalue weighted by Crippen LogP contribution is -2.35. The monoisotopic (exact) mass is 324 g/mol. The first kappa shape index (κ1) is 23.0. The standard InChI is InChI=1S/C23H48/c1-10-16-22(8,14-5)19-20(18-21(7,12-3)13-4)23(9,15-6)17-11-2/h20H,10-19H2,1-9H3. The molecule has 0 nitrogen and oxygen atoms in total. The molecule has 0 radical (unpaired) electrons. The molecule has 3 atom stereocenters. The van der Waals surface area contributed by atoms with Crippen molar-refractivity contribution in [2.24, 2.45) is 22.2 Å². The van der Waals surface area contributed by atoms with Crippen LogP contribution >= 0.6 is 0 Å². The predicted octanol–water partition coefficient (Wildman–Crippen LogP) is 8.64. The summed E-state index contributed by atoms with van der Waals surface area (Å²) < 4.78 is 0. The van der Waals surface area contributed by atoms with Crippen LogP contribution in [0.5, 0.6) is 0 Å². The van der Waals surface area contributed by atoms with Crippen LogP contribution in [0.3, 0.4) is 0 Å². The fourth-order valence-electron chi connectivity index (χ4n) is 4.56. The van der Waals surface area contributed by atoms with Gasteiger partial charge in [0.05, 0.1) is 0 Å². The van der Waals surface area contributed by atoms with Gasteiger partial charge >= 0.3 is 0 Å². The first-order valence-electron chi connectivity index (χ1n) is 10.7. The Morgan fingerprint density at radius 2 is 1.00 bits per heavy atom. The third-order valence-electron chi connectivity index (χ3n) is 7.51. The zero-order valence-electron chi connectivity index (χ0n) is 18.1. The minimum absolute atomic E-state index is 0.518. The Labute approximate surface area is 149 Å². The van der Waals surface area contributed by atoms with E-state index < -0.39 is 0 Å². The maximum absolute atomic E-state index is 2.59. The summed E-state index contributed by atoms with van der Waals surface area (Å²) >= 11 is 0. The van der Waals surface area contributed by atoms with Gasteiger partial charge in [-0.2, -0.15) is 0 Å². The summed E-state index contributed by atoms with van der Waals surface area (Å²) in [5.41, 5.74) is 1.58. The number of hydrogen-bond donors (Lipinski definition) is 0. The summed E-state index contributed by atoms with van der Waals surface area (Å²) in [6.07, 6.45) is 13.6. The maximum Gasteiger partial charge on any atom is -0.0300 e. The van der Waals surface area contributed by atoms with Crippen molar-refractivity contribution in [3.63, 3.8) is 0 Å². The lowest BCUT2D eigenvalue weighted by molar-refractivity contribution is 0.0461. The third-order valence-corrected chi connectivity index (χ3v) is 7.51. The normalized spacial score (nSPS) is 19.2. The first-order chi connectivity index (χ1) is 10.7. The van der Waals surface area contributed by atoms with Crippen molar-refractivity contribution in [2.45, 2.75) is 127 Å². The summed E-state index contributed by atoms with van der Waals surface area (Å²) in [4.78, 5) is 0. The average molecular weight is 325 g/mol. The highest BCUT2D eigenvalue weighted by molar-refractivity contribution is 4.90. The van der Waals surface area contributed by atoms with Crippen LogP contribution in [0.4, 0.5) is 0 Å². The van der Waals surface area contributed by atoms with Gasteiger partial charge in [0, 0.05) is 0 Å². The first-order valence-corrected chi connectivity index (χ1v) is 10.7. The Hall–Kier alpha value is 0. The topological polar surface area (TPSA) is 0 Å². The van der Waals surface area contributed by atoms with Crippen molar-refractivity contribution in [2.75, 3.05) is 0 Å². The number of hydrogen-bond acceptors (Lipinski definition) is 0. The molecule has 0 rings (SSSR count). The van der Waals surface area contributed by atoms with Gasteiger partial charge in [0.25, 0.3) is 0 Å². The van der Waals surface area contributed by atoms with Crippen molar-refractivity contribution in [1.29, 1.82) is 0 Å². The van der Waals surface area contributed by atoms with Crippen molar-refractivity contribution in [3.05, 3.63) is 0 Å².